The average molecular weight is 319 g/mol. The van der Waals surface area contributed by atoms with Gasteiger partial charge in [0.15, 0.2) is 11.4 Å². The van der Waals surface area contributed by atoms with Crippen LogP contribution in [0.5, 0.6) is 0 Å². The second-order valence-electron chi connectivity index (χ2n) is 6.26. The minimum absolute atomic E-state index is 1.13. The molecular weight excluding hydrogens is 300 g/mol. The molecule has 2 aromatic carbocycles. The Kier molecular flexibility index (Phi) is 3.08. The molecule has 0 amide bonds. The number of thioether (sulfide) groups is 1. The minimum Gasteiger partial charge on any atom is -0.217 e. The fraction of sp³-hybridized carbons (Fsp3) is 0.250. The van der Waals surface area contributed by atoms with Gasteiger partial charge in [-0.05, 0) is 42.3 Å². The minimum atomic E-state index is 1.13. The Morgan fingerprint density at radius 1 is 0.913 bits per heavy atom. The van der Waals surface area contributed by atoms with Crippen molar-refractivity contribution >= 4 is 11.8 Å². The largest absolute Gasteiger partial charge is 0.323 e. The smallest absolute Gasteiger partial charge is 0.217 e. The van der Waals surface area contributed by atoms with Crippen LogP contribution in [-0.2, 0) is 19.4 Å². The number of para-hydroxylation sites is 1. The molecule has 0 unspecified atom stereocenters. The summed E-state index contributed by atoms with van der Waals surface area (Å²) >= 11 is 2.00. The Morgan fingerprint density at radius 2 is 1.74 bits per heavy atom. The molecule has 1 aromatic heterocycles. The van der Waals surface area contributed by atoms with E-state index in [1.807, 2.05) is 11.8 Å². The van der Waals surface area contributed by atoms with Gasteiger partial charge in [0.2, 0.25) is 0 Å². The van der Waals surface area contributed by atoms with E-state index in [0.29, 0.717) is 0 Å². The van der Waals surface area contributed by atoms with E-state index in [4.69, 9.17) is 0 Å². The summed E-state index contributed by atoms with van der Waals surface area (Å²) in [6.07, 6.45) is 3.53. The van der Waals surface area contributed by atoms with Gasteiger partial charge in [-0.3, -0.25) is 0 Å². The third-order valence-electron chi connectivity index (χ3n) is 4.91. The second kappa shape index (κ2) is 5.27. The second-order valence-corrected chi connectivity index (χ2v) is 7.32. The van der Waals surface area contributed by atoms with Crippen molar-refractivity contribution in [1.29, 1.82) is 0 Å². The summed E-state index contributed by atoms with van der Waals surface area (Å²) in [6, 6.07) is 19.8. The Hall–Kier alpha value is -2.00. The van der Waals surface area contributed by atoms with Gasteiger partial charge >= 0.3 is 5.16 Å². The Bertz CT molecular complexity index is 857. The van der Waals surface area contributed by atoms with E-state index in [1.165, 1.54) is 45.5 Å². The molecule has 1 aliphatic heterocycles. The third-order valence-corrected chi connectivity index (χ3v) is 6.06. The summed E-state index contributed by atoms with van der Waals surface area (Å²) in [7, 11) is 0. The van der Waals surface area contributed by atoms with Crippen LogP contribution >= 0.6 is 11.8 Å². The molecule has 0 spiro atoms. The van der Waals surface area contributed by atoms with Crippen molar-refractivity contribution in [2.75, 3.05) is 5.75 Å². The predicted molar refractivity (Wildman–Crippen MR) is 94.1 cm³/mol. The summed E-state index contributed by atoms with van der Waals surface area (Å²) < 4.78 is 5.07. The van der Waals surface area contributed by atoms with Crippen molar-refractivity contribution in [2.45, 2.75) is 31.0 Å². The standard InChI is InChI=1S/C20H19N2S/c1-2-8-16(9-3-1)22-18-12-11-15-7-4-5-10-17(15)19(18)21-13-6-14-23-20(21)22/h1-5,7-10H,6,11-14H2/q+1. The number of hydrogen-bond acceptors (Lipinski definition) is 1. The van der Waals surface area contributed by atoms with Gasteiger partial charge in [0.05, 0.1) is 6.54 Å². The van der Waals surface area contributed by atoms with Crippen LogP contribution in [0.4, 0.5) is 0 Å². The van der Waals surface area contributed by atoms with E-state index in [2.05, 4.69) is 63.7 Å². The monoisotopic (exact) mass is 319 g/mol. The molecule has 23 heavy (non-hydrogen) atoms. The quantitative estimate of drug-likeness (QED) is 0.615. The van der Waals surface area contributed by atoms with E-state index in [0.717, 1.165) is 19.4 Å². The zero-order valence-corrected chi connectivity index (χ0v) is 13.9. The van der Waals surface area contributed by atoms with Crippen LogP contribution in [0.25, 0.3) is 16.9 Å². The Morgan fingerprint density at radius 3 is 2.65 bits per heavy atom. The van der Waals surface area contributed by atoms with Crippen LogP contribution in [-0.4, -0.2) is 10.3 Å². The van der Waals surface area contributed by atoms with Crippen LogP contribution in [0.3, 0.4) is 0 Å². The molecule has 0 N–H and O–H groups in total. The number of aryl methyl sites for hydroxylation is 1. The van der Waals surface area contributed by atoms with Crippen molar-refractivity contribution in [3.63, 3.8) is 0 Å². The van der Waals surface area contributed by atoms with Crippen molar-refractivity contribution in [2.24, 2.45) is 0 Å². The van der Waals surface area contributed by atoms with Crippen LogP contribution < -0.4 is 4.57 Å². The molecule has 3 aromatic rings. The molecule has 2 aliphatic rings. The number of benzene rings is 2. The molecule has 114 valence electrons. The summed E-state index contributed by atoms with van der Waals surface area (Å²) in [5.74, 6) is 1.22. The van der Waals surface area contributed by atoms with Crippen molar-refractivity contribution in [3.8, 4) is 16.9 Å². The number of fused-ring (bicyclic) bond motifs is 5. The van der Waals surface area contributed by atoms with E-state index in [-0.39, 0.29) is 0 Å². The van der Waals surface area contributed by atoms with Gasteiger partial charge in [-0.1, -0.05) is 42.5 Å². The van der Waals surface area contributed by atoms with Gasteiger partial charge in [-0.15, -0.1) is 0 Å². The van der Waals surface area contributed by atoms with Gasteiger partial charge in [0.25, 0.3) is 0 Å². The first-order valence-corrected chi connectivity index (χ1v) is 9.36. The van der Waals surface area contributed by atoms with Gasteiger partial charge in [-0.25, -0.2) is 4.57 Å². The molecule has 0 saturated carbocycles. The first kappa shape index (κ1) is 13.4. The van der Waals surface area contributed by atoms with Crippen LogP contribution in [0.15, 0.2) is 59.8 Å². The number of aromatic nitrogens is 2. The highest BCUT2D eigenvalue weighted by Gasteiger charge is 2.37. The topological polar surface area (TPSA) is 8.81 Å². The molecule has 2 nitrogen and oxygen atoms in total. The normalized spacial score (nSPS) is 15.7. The predicted octanol–water partition coefficient (Wildman–Crippen LogP) is 4.03. The maximum absolute atomic E-state index is 2.56. The molecule has 1 aliphatic carbocycles. The maximum atomic E-state index is 2.56. The Balaban J connectivity index is 1.84. The number of rotatable bonds is 1. The summed E-state index contributed by atoms with van der Waals surface area (Å²) in [4.78, 5) is 0. The third kappa shape index (κ3) is 1.99. The highest BCUT2D eigenvalue weighted by atomic mass is 32.2. The molecule has 0 radical (unpaired) electrons. The van der Waals surface area contributed by atoms with E-state index in [9.17, 15) is 0 Å². The van der Waals surface area contributed by atoms with Crippen molar-refractivity contribution in [3.05, 3.63) is 65.9 Å². The molecule has 0 bridgehead atoms. The summed E-state index contributed by atoms with van der Waals surface area (Å²) in [6.45, 7) is 1.14. The van der Waals surface area contributed by atoms with E-state index >= 15 is 0 Å². The lowest BCUT2D eigenvalue weighted by molar-refractivity contribution is -0.724. The highest BCUT2D eigenvalue weighted by Crippen LogP contribution is 2.37. The molecule has 2 heterocycles. The summed E-state index contributed by atoms with van der Waals surface area (Å²) in [5.41, 5.74) is 7.17. The van der Waals surface area contributed by atoms with Gasteiger partial charge in [-0.2, -0.15) is 4.57 Å². The molecule has 0 atom stereocenters. The lowest BCUT2D eigenvalue weighted by Gasteiger charge is -2.15. The number of imidazole rings is 1. The van der Waals surface area contributed by atoms with Gasteiger partial charge in [0, 0.05) is 17.7 Å². The lowest BCUT2D eigenvalue weighted by Crippen LogP contribution is -2.40. The molecular formula is C20H19N2S+. The Labute approximate surface area is 140 Å². The number of nitrogens with zero attached hydrogens (tertiary/aromatic N) is 2. The molecule has 5 rings (SSSR count). The average Bonchev–Trinajstić information content (AvgIpc) is 2.97. The van der Waals surface area contributed by atoms with Crippen molar-refractivity contribution in [1.82, 2.24) is 4.57 Å². The van der Waals surface area contributed by atoms with Crippen LogP contribution in [0.1, 0.15) is 17.7 Å². The van der Waals surface area contributed by atoms with E-state index in [1.54, 1.807) is 0 Å². The first-order chi connectivity index (χ1) is 11.4. The van der Waals surface area contributed by atoms with E-state index < -0.39 is 0 Å². The van der Waals surface area contributed by atoms with Gasteiger partial charge < -0.3 is 0 Å². The molecule has 0 fully saturated rings. The fourth-order valence-corrected chi connectivity index (χ4v) is 5.07. The van der Waals surface area contributed by atoms with Crippen molar-refractivity contribution < 1.29 is 4.57 Å². The lowest BCUT2D eigenvalue weighted by atomic mass is 9.92. The van der Waals surface area contributed by atoms with Crippen LogP contribution in [0, 0.1) is 0 Å². The zero-order chi connectivity index (χ0) is 15.2. The first-order valence-electron chi connectivity index (χ1n) is 8.37. The molecule has 0 saturated heterocycles. The van der Waals surface area contributed by atoms with Crippen LogP contribution in [0.2, 0.25) is 0 Å². The molecule has 3 heteroatoms. The maximum Gasteiger partial charge on any atom is 0.323 e. The highest BCUT2D eigenvalue weighted by molar-refractivity contribution is 7.99. The summed E-state index contributed by atoms with van der Waals surface area (Å²) in [5, 5.41) is 1.41. The number of hydrogen-bond donors (Lipinski definition) is 0. The fourth-order valence-electron chi connectivity index (χ4n) is 3.93. The zero-order valence-electron chi connectivity index (χ0n) is 13.0. The van der Waals surface area contributed by atoms with Gasteiger partial charge in [0.1, 0.15) is 5.69 Å². The SMILES string of the molecule is c1ccc(-n2c3c([n+]4c2SCCC4)-c2ccccc2CC3)cc1.